The van der Waals surface area contributed by atoms with Crippen molar-refractivity contribution in [3.05, 3.63) is 71.3 Å². The van der Waals surface area contributed by atoms with Gasteiger partial charge in [0.2, 0.25) is 0 Å². The molecule has 1 saturated heterocycles. The van der Waals surface area contributed by atoms with Gasteiger partial charge in [-0.1, -0.05) is 12.1 Å². The molecule has 32 heavy (non-hydrogen) atoms. The van der Waals surface area contributed by atoms with Crippen LogP contribution in [0.15, 0.2) is 42.9 Å². The SMILES string of the molecule is CCn1ccnc1CN1CCC(Cc2nn(C)cc2C(=O)NCc2ccc(F)cc2)CC1. The van der Waals surface area contributed by atoms with Crippen molar-refractivity contribution in [3.63, 3.8) is 0 Å². The molecule has 0 radical (unpaired) electrons. The number of rotatable bonds is 8. The van der Waals surface area contributed by atoms with Crippen LogP contribution >= 0.6 is 0 Å². The lowest BCUT2D eigenvalue weighted by molar-refractivity contribution is 0.0949. The molecule has 170 valence electrons. The summed E-state index contributed by atoms with van der Waals surface area (Å²) in [5, 5.41) is 7.51. The molecule has 3 heterocycles. The van der Waals surface area contributed by atoms with Crippen LogP contribution in [0.4, 0.5) is 4.39 Å². The number of carbonyl (C=O) groups excluding carboxylic acids is 1. The van der Waals surface area contributed by atoms with Crippen LogP contribution in [-0.4, -0.2) is 43.2 Å². The maximum atomic E-state index is 13.1. The molecule has 1 aromatic carbocycles. The number of amides is 1. The molecule has 1 N–H and O–H groups in total. The predicted molar refractivity (Wildman–Crippen MR) is 120 cm³/mol. The number of hydrogen-bond donors (Lipinski definition) is 1. The predicted octanol–water partition coefficient (Wildman–Crippen LogP) is 3.16. The lowest BCUT2D eigenvalue weighted by Gasteiger charge is -2.31. The molecule has 0 atom stereocenters. The Morgan fingerprint density at radius 1 is 1.22 bits per heavy atom. The number of benzene rings is 1. The van der Waals surface area contributed by atoms with Gasteiger partial charge in [-0.2, -0.15) is 5.10 Å². The van der Waals surface area contributed by atoms with Gasteiger partial charge in [0.05, 0.1) is 17.8 Å². The largest absolute Gasteiger partial charge is 0.348 e. The van der Waals surface area contributed by atoms with Crippen LogP contribution in [0.3, 0.4) is 0 Å². The standard InChI is InChI=1S/C24H31FN6O/c1-3-31-13-10-26-23(31)17-30-11-8-18(9-12-30)14-22-21(16-29(2)28-22)24(32)27-15-19-4-6-20(25)7-5-19/h4-7,10,13,16,18H,3,8-9,11-12,14-15,17H2,1-2H3,(H,27,32). The maximum Gasteiger partial charge on any atom is 0.255 e. The Kier molecular flexibility index (Phi) is 6.99. The van der Waals surface area contributed by atoms with Crippen LogP contribution in [0.25, 0.3) is 0 Å². The van der Waals surface area contributed by atoms with Gasteiger partial charge < -0.3 is 9.88 Å². The number of nitrogens with zero attached hydrogens (tertiary/aromatic N) is 5. The highest BCUT2D eigenvalue weighted by Gasteiger charge is 2.24. The van der Waals surface area contributed by atoms with E-state index in [9.17, 15) is 9.18 Å². The molecule has 4 rings (SSSR count). The molecule has 0 spiro atoms. The Balaban J connectivity index is 1.31. The third-order valence-corrected chi connectivity index (χ3v) is 6.21. The maximum absolute atomic E-state index is 13.1. The fraction of sp³-hybridized carbons (Fsp3) is 0.458. The highest BCUT2D eigenvalue weighted by molar-refractivity contribution is 5.95. The third-order valence-electron chi connectivity index (χ3n) is 6.21. The fourth-order valence-electron chi connectivity index (χ4n) is 4.36. The van der Waals surface area contributed by atoms with Crippen LogP contribution < -0.4 is 5.32 Å². The summed E-state index contributed by atoms with van der Waals surface area (Å²) in [5.74, 6) is 1.21. The number of hydrogen-bond acceptors (Lipinski definition) is 4. The number of imidazole rings is 1. The van der Waals surface area contributed by atoms with E-state index in [4.69, 9.17) is 0 Å². The lowest BCUT2D eigenvalue weighted by Crippen LogP contribution is -2.35. The summed E-state index contributed by atoms with van der Waals surface area (Å²) in [6.07, 6.45) is 8.66. The van der Waals surface area contributed by atoms with Gasteiger partial charge in [-0.05, 0) is 62.9 Å². The Morgan fingerprint density at radius 3 is 2.69 bits per heavy atom. The highest BCUT2D eigenvalue weighted by atomic mass is 19.1. The summed E-state index contributed by atoms with van der Waals surface area (Å²) in [4.78, 5) is 19.7. The minimum atomic E-state index is -0.281. The molecule has 0 bridgehead atoms. The third kappa shape index (κ3) is 5.43. The quantitative estimate of drug-likeness (QED) is 0.587. The van der Waals surface area contributed by atoms with E-state index in [0.717, 1.165) is 62.5 Å². The van der Waals surface area contributed by atoms with E-state index >= 15 is 0 Å². The summed E-state index contributed by atoms with van der Waals surface area (Å²) in [5.41, 5.74) is 2.34. The Hall–Kier alpha value is -3.00. The number of carbonyl (C=O) groups is 1. The normalized spacial score (nSPS) is 15.2. The first-order chi connectivity index (χ1) is 15.5. The molecule has 0 aliphatic carbocycles. The van der Waals surface area contributed by atoms with Crippen molar-refractivity contribution in [1.82, 2.24) is 29.5 Å². The van der Waals surface area contributed by atoms with Crippen LogP contribution in [0.1, 0.15) is 47.2 Å². The molecule has 0 unspecified atom stereocenters. The van der Waals surface area contributed by atoms with Crippen molar-refractivity contribution < 1.29 is 9.18 Å². The molecule has 1 amide bonds. The molecule has 1 aliphatic heterocycles. The van der Waals surface area contributed by atoms with E-state index < -0.39 is 0 Å². The second-order valence-electron chi connectivity index (χ2n) is 8.53. The second-order valence-corrected chi connectivity index (χ2v) is 8.53. The number of aryl methyl sites for hydroxylation is 2. The van der Waals surface area contributed by atoms with Crippen LogP contribution in [0.2, 0.25) is 0 Å². The Morgan fingerprint density at radius 2 is 1.97 bits per heavy atom. The van der Waals surface area contributed by atoms with Crippen molar-refractivity contribution >= 4 is 5.91 Å². The number of aromatic nitrogens is 4. The number of halogens is 1. The lowest BCUT2D eigenvalue weighted by atomic mass is 9.91. The zero-order valence-corrected chi connectivity index (χ0v) is 18.8. The summed E-state index contributed by atoms with van der Waals surface area (Å²) < 4.78 is 17.0. The van der Waals surface area contributed by atoms with Crippen molar-refractivity contribution in [3.8, 4) is 0 Å². The molecule has 1 aliphatic rings. The number of likely N-dealkylation sites (tertiary alicyclic amines) is 1. The van der Waals surface area contributed by atoms with Crippen molar-refractivity contribution in [2.45, 2.75) is 45.8 Å². The zero-order valence-electron chi connectivity index (χ0n) is 18.8. The van der Waals surface area contributed by atoms with Gasteiger partial charge in [0.15, 0.2) is 0 Å². The molecule has 1 fully saturated rings. The van der Waals surface area contributed by atoms with E-state index in [1.807, 2.05) is 19.4 Å². The molecule has 0 saturated carbocycles. The van der Waals surface area contributed by atoms with Crippen molar-refractivity contribution in [1.29, 1.82) is 0 Å². The summed E-state index contributed by atoms with van der Waals surface area (Å²) >= 11 is 0. The van der Waals surface area contributed by atoms with Gasteiger partial charge in [0.1, 0.15) is 11.6 Å². The summed E-state index contributed by atoms with van der Waals surface area (Å²) in [7, 11) is 1.85. The van der Waals surface area contributed by atoms with Crippen molar-refractivity contribution in [2.24, 2.45) is 13.0 Å². The summed E-state index contributed by atoms with van der Waals surface area (Å²) in [6, 6.07) is 6.17. The van der Waals surface area contributed by atoms with Gasteiger partial charge in [0, 0.05) is 38.7 Å². The monoisotopic (exact) mass is 438 g/mol. The molecular formula is C24H31FN6O. The average molecular weight is 439 g/mol. The molecule has 3 aromatic rings. The molecule has 7 nitrogen and oxygen atoms in total. The van der Waals surface area contributed by atoms with Gasteiger partial charge in [-0.15, -0.1) is 0 Å². The Bertz CT molecular complexity index is 1030. The van der Waals surface area contributed by atoms with Gasteiger partial charge >= 0.3 is 0 Å². The van der Waals surface area contributed by atoms with Gasteiger partial charge in [-0.3, -0.25) is 14.4 Å². The smallest absolute Gasteiger partial charge is 0.255 e. The van der Waals surface area contributed by atoms with E-state index in [-0.39, 0.29) is 11.7 Å². The van der Waals surface area contributed by atoms with Crippen molar-refractivity contribution in [2.75, 3.05) is 13.1 Å². The second kappa shape index (κ2) is 10.1. The number of piperidine rings is 1. The van der Waals surface area contributed by atoms with Crippen LogP contribution in [0, 0.1) is 11.7 Å². The average Bonchev–Trinajstić information content (AvgIpc) is 3.40. The minimum absolute atomic E-state index is 0.138. The van der Waals surface area contributed by atoms with Crippen LogP contribution in [-0.2, 0) is 33.1 Å². The first-order valence-electron chi connectivity index (χ1n) is 11.3. The Labute approximate surface area is 188 Å². The van der Waals surface area contributed by atoms with Gasteiger partial charge in [0.25, 0.3) is 5.91 Å². The molecular weight excluding hydrogens is 407 g/mol. The fourth-order valence-corrected chi connectivity index (χ4v) is 4.36. The minimum Gasteiger partial charge on any atom is -0.348 e. The number of nitrogens with one attached hydrogen (secondary N) is 1. The van der Waals surface area contributed by atoms with E-state index in [1.54, 1.807) is 23.0 Å². The highest BCUT2D eigenvalue weighted by Crippen LogP contribution is 2.23. The van der Waals surface area contributed by atoms with Crippen LogP contribution in [0.5, 0.6) is 0 Å². The van der Waals surface area contributed by atoms with E-state index in [2.05, 4.69) is 31.8 Å². The zero-order chi connectivity index (χ0) is 22.5. The molecule has 8 heteroatoms. The molecule has 2 aromatic heterocycles. The summed E-state index contributed by atoms with van der Waals surface area (Å²) in [6.45, 7) is 6.38. The van der Waals surface area contributed by atoms with Gasteiger partial charge in [-0.25, -0.2) is 9.37 Å². The first-order valence-corrected chi connectivity index (χ1v) is 11.3. The topological polar surface area (TPSA) is 68.0 Å². The van der Waals surface area contributed by atoms with E-state index in [0.29, 0.717) is 18.0 Å². The first kappa shape index (κ1) is 22.2. The van der Waals surface area contributed by atoms with E-state index in [1.165, 1.54) is 12.1 Å².